The van der Waals surface area contributed by atoms with E-state index in [9.17, 15) is 0 Å². The number of hydrogen-bond acceptors (Lipinski definition) is 3. The van der Waals surface area contributed by atoms with Crippen LogP contribution in [0.2, 0.25) is 9.49 Å². The molecule has 0 radical (unpaired) electrons. The Balaban J connectivity index is 2.57. The van der Waals surface area contributed by atoms with Crippen LogP contribution in [0.5, 0.6) is 0 Å². The maximum absolute atomic E-state index is 5.99. The second kappa shape index (κ2) is 3.85. The lowest BCUT2D eigenvalue weighted by atomic mass is 10.2. The summed E-state index contributed by atoms with van der Waals surface area (Å²) >= 11 is 13.3. The van der Waals surface area contributed by atoms with E-state index in [2.05, 4.69) is 9.97 Å². The molecule has 0 spiro atoms. The summed E-state index contributed by atoms with van der Waals surface area (Å²) in [5, 5.41) is 2.36. The van der Waals surface area contributed by atoms with Gasteiger partial charge in [-0.3, -0.25) is 0 Å². The summed E-state index contributed by atoms with van der Waals surface area (Å²) in [5.41, 5.74) is 1.68. The van der Waals surface area contributed by atoms with Crippen LogP contribution < -0.4 is 0 Å². The summed E-state index contributed by atoms with van der Waals surface area (Å²) in [7, 11) is 0. The summed E-state index contributed by atoms with van der Waals surface area (Å²) in [4.78, 5) is 8.25. The van der Waals surface area contributed by atoms with E-state index in [1.165, 1.54) is 11.3 Å². The zero-order chi connectivity index (χ0) is 10.1. The molecule has 5 heteroatoms. The Kier molecular flexibility index (Phi) is 2.72. The van der Waals surface area contributed by atoms with E-state index in [4.69, 9.17) is 23.2 Å². The SMILES string of the molecule is Cc1nc(Cl)cc(-c2ccsc2Cl)n1. The van der Waals surface area contributed by atoms with Crippen molar-refractivity contribution < 1.29 is 0 Å². The number of nitrogens with zero attached hydrogens (tertiary/aromatic N) is 2. The fourth-order valence-corrected chi connectivity index (χ4v) is 2.31. The smallest absolute Gasteiger partial charge is 0.133 e. The summed E-state index contributed by atoms with van der Waals surface area (Å²) in [6.07, 6.45) is 0. The first-order chi connectivity index (χ1) is 6.66. The van der Waals surface area contributed by atoms with Crippen LogP contribution in [0.15, 0.2) is 17.5 Å². The highest BCUT2D eigenvalue weighted by Crippen LogP contribution is 2.31. The van der Waals surface area contributed by atoms with Crippen molar-refractivity contribution in [3.05, 3.63) is 32.8 Å². The van der Waals surface area contributed by atoms with Gasteiger partial charge in [0.1, 0.15) is 15.3 Å². The van der Waals surface area contributed by atoms with Gasteiger partial charge >= 0.3 is 0 Å². The Morgan fingerprint density at radius 2 is 2.07 bits per heavy atom. The molecule has 0 atom stereocenters. The van der Waals surface area contributed by atoms with Crippen molar-refractivity contribution in [3.63, 3.8) is 0 Å². The van der Waals surface area contributed by atoms with E-state index < -0.39 is 0 Å². The maximum atomic E-state index is 5.99. The van der Waals surface area contributed by atoms with Crippen LogP contribution in [0.25, 0.3) is 11.3 Å². The molecule has 2 nitrogen and oxygen atoms in total. The number of thiophene rings is 1. The van der Waals surface area contributed by atoms with Gasteiger partial charge in [0.2, 0.25) is 0 Å². The number of rotatable bonds is 1. The summed E-state index contributed by atoms with van der Waals surface area (Å²) < 4.78 is 0.721. The van der Waals surface area contributed by atoms with Crippen LogP contribution in [0.3, 0.4) is 0 Å². The van der Waals surface area contributed by atoms with Crippen LogP contribution in [-0.4, -0.2) is 9.97 Å². The summed E-state index contributed by atoms with van der Waals surface area (Å²) in [6.45, 7) is 1.80. The molecule has 0 N–H and O–H groups in total. The van der Waals surface area contributed by atoms with Crippen molar-refractivity contribution in [3.8, 4) is 11.3 Å². The number of hydrogen-bond donors (Lipinski definition) is 0. The number of aryl methyl sites for hydroxylation is 1. The van der Waals surface area contributed by atoms with Gasteiger partial charge in [-0.05, 0) is 18.4 Å². The molecule has 0 bridgehead atoms. The molecule has 2 aromatic heterocycles. The highest BCUT2D eigenvalue weighted by atomic mass is 35.5. The lowest BCUT2D eigenvalue weighted by Crippen LogP contribution is -1.90. The van der Waals surface area contributed by atoms with Gasteiger partial charge in [-0.25, -0.2) is 9.97 Å². The Hall–Kier alpha value is -0.640. The standard InChI is InChI=1S/C9H6Cl2N2S/c1-5-12-7(4-8(10)13-5)6-2-3-14-9(6)11/h2-4H,1H3. The minimum absolute atomic E-state index is 0.440. The van der Waals surface area contributed by atoms with Crippen molar-refractivity contribution in [1.29, 1.82) is 0 Å². The lowest BCUT2D eigenvalue weighted by molar-refractivity contribution is 1.06. The molecule has 14 heavy (non-hydrogen) atoms. The Bertz CT molecular complexity index is 447. The molecule has 0 aliphatic rings. The summed E-state index contributed by atoms with van der Waals surface area (Å²) in [6, 6.07) is 3.63. The van der Waals surface area contributed by atoms with Gasteiger partial charge in [-0.2, -0.15) is 0 Å². The Morgan fingerprint density at radius 3 is 2.64 bits per heavy atom. The zero-order valence-electron chi connectivity index (χ0n) is 7.29. The highest BCUT2D eigenvalue weighted by Gasteiger charge is 2.07. The third-order valence-corrected chi connectivity index (χ3v) is 3.06. The second-order valence-corrected chi connectivity index (χ2v) is 4.64. The minimum Gasteiger partial charge on any atom is -0.233 e. The average molecular weight is 245 g/mol. The fraction of sp³-hybridized carbons (Fsp3) is 0.111. The lowest BCUT2D eigenvalue weighted by Gasteiger charge is -2.00. The van der Waals surface area contributed by atoms with Crippen molar-refractivity contribution in [1.82, 2.24) is 9.97 Å². The first-order valence-electron chi connectivity index (χ1n) is 3.91. The maximum Gasteiger partial charge on any atom is 0.133 e. The van der Waals surface area contributed by atoms with Crippen molar-refractivity contribution in [2.45, 2.75) is 6.92 Å². The third kappa shape index (κ3) is 1.90. The molecule has 0 amide bonds. The molecule has 0 unspecified atom stereocenters. The van der Waals surface area contributed by atoms with E-state index >= 15 is 0 Å². The number of halogens is 2. The Morgan fingerprint density at radius 1 is 1.29 bits per heavy atom. The van der Waals surface area contributed by atoms with Crippen molar-refractivity contribution in [2.24, 2.45) is 0 Å². The number of aromatic nitrogens is 2. The van der Waals surface area contributed by atoms with E-state index in [0.29, 0.717) is 11.0 Å². The van der Waals surface area contributed by atoms with Crippen LogP contribution >= 0.6 is 34.5 Å². The molecule has 0 aromatic carbocycles. The van der Waals surface area contributed by atoms with E-state index in [1.807, 2.05) is 11.4 Å². The van der Waals surface area contributed by atoms with Crippen LogP contribution in [-0.2, 0) is 0 Å². The average Bonchev–Trinajstić information content (AvgIpc) is 2.49. The predicted molar refractivity (Wildman–Crippen MR) is 60.1 cm³/mol. The van der Waals surface area contributed by atoms with E-state index in [-0.39, 0.29) is 0 Å². The van der Waals surface area contributed by atoms with Crippen LogP contribution in [0.1, 0.15) is 5.82 Å². The molecule has 2 rings (SSSR count). The third-order valence-electron chi connectivity index (χ3n) is 1.70. The molecule has 0 saturated heterocycles. The van der Waals surface area contributed by atoms with Gasteiger partial charge in [-0.15, -0.1) is 11.3 Å². The molecular weight excluding hydrogens is 239 g/mol. The Labute approximate surface area is 95.5 Å². The van der Waals surface area contributed by atoms with Gasteiger partial charge in [0.25, 0.3) is 0 Å². The molecular formula is C9H6Cl2N2S. The molecule has 72 valence electrons. The largest absolute Gasteiger partial charge is 0.233 e. The van der Waals surface area contributed by atoms with Gasteiger partial charge in [0.15, 0.2) is 0 Å². The van der Waals surface area contributed by atoms with E-state index in [1.54, 1.807) is 13.0 Å². The monoisotopic (exact) mass is 244 g/mol. The molecule has 0 saturated carbocycles. The predicted octanol–water partition coefficient (Wildman–Crippen LogP) is 3.82. The summed E-state index contributed by atoms with van der Waals surface area (Å²) in [5.74, 6) is 0.648. The zero-order valence-corrected chi connectivity index (χ0v) is 9.62. The van der Waals surface area contributed by atoms with E-state index in [0.717, 1.165) is 15.6 Å². The van der Waals surface area contributed by atoms with Crippen LogP contribution in [0.4, 0.5) is 0 Å². The quantitative estimate of drug-likeness (QED) is 0.713. The van der Waals surface area contributed by atoms with Gasteiger partial charge in [0.05, 0.1) is 5.69 Å². The molecule has 0 fully saturated rings. The first kappa shape index (κ1) is 9.90. The topological polar surface area (TPSA) is 25.8 Å². The van der Waals surface area contributed by atoms with Crippen molar-refractivity contribution >= 4 is 34.5 Å². The van der Waals surface area contributed by atoms with Gasteiger partial charge in [0, 0.05) is 11.6 Å². The highest BCUT2D eigenvalue weighted by molar-refractivity contribution is 7.15. The molecule has 2 heterocycles. The molecule has 2 aromatic rings. The second-order valence-electron chi connectivity index (χ2n) is 2.73. The van der Waals surface area contributed by atoms with Crippen LogP contribution in [0, 0.1) is 6.92 Å². The van der Waals surface area contributed by atoms with Gasteiger partial charge in [-0.1, -0.05) is 23.2 Å². The molecule has 0 aliphatic heterocycles. The van der Waals surface area contributed by atoms with Crippen molar-refractivity contribution in [2.75, 3.05) is 0 Å². The normalized spacial score (nSPS) is 10.5. The minimum atomic E-state index is 0.440. The van der Waals surface area contributed by atoms with Gasteiger partial charge < -0.3 is 0 Å². The fourth-order valence-electron chi connectivity index (χ4n) is 1.15. The first-order valence-corrected chi connectivity index (χ1v) is 5.55. The molecule has 0 aliphatic carbocycles.